The van der Waals surface area contributed by atoms with Crippen LogP contribution in [0.25, 0.3) is 0 Å². The number of rotatable bonds is 4. The first-order valence-corrected chi connectivity index (χ1v) is 4.79. The predicted octanol–water partition coefficient (Wildman–Crippen LogP) is 0.338. The molecule has 0 heterocycles. The summed E-state index contributed by atoms with van der Waals surface area (Å²) in [5.74, 6) is -6.34. The molecule has 0 aromatic heterocycles. The van der Waals surface area contributed by atoms with Crippen molar-refractivity contribution >= 4 is 5.97 Å². The number of aryl methyl sites for hydroxylation is 1. The number of hydrogen-bond donors (Lipinski definition) is 1. The number of carbonyl (C=O) groups is 1. The van der Waals surface area contributed by atoms with E-state index in [0.717, 1.165) is 11.6 Å². The molecule has 0 amide bonds. The molecule has 0 bridgehead atoms. The quantitative estimate of drug-likeness (QED) is 0.808. The van der Waals surface area contributed by atoms with E-state index in [2.05, 4.69) is 0 Å². The average molecular weight is 228 g/mol. The minimum Gasteiger partial charge on any atom is -0.544 e. The van der Waals surface area contributed by atoms with Crippen molar-refractivity contribution in [3.63, 3.8) is 0 Å². The lowest BCUT2D eigenvalue weighted by Gasteiger charge is -2.20. The Balaban J connectivity index is 3.13. The van der Waals surface area contributed by atoms with Crippen LogP contribution in [0.3, 0.4) is 0 Å². The van der Waals surface area contributed by atoms with Crippen LogP contribution in [0.1, 0.15) is 16.7 Å². The summed E-state index contributed by atoms with van der Waals surface area (Å²) in [6.45, 7) is 1.85. The SMILES string of the molecule is Cc1cc(CCN)ccc1C(F)(F)C(=O)[O-]. The molecule has 0 saturated carbocycles. The third kappa shape index (κ3) is 2.36. The molecule has 0 saturated heterocycles. The Bertz CT molecular complexity index is 405. The molecule has 16 heavy (non-hydrogen) atoms. The number of aliphatic carboxylic acids is 1. The van der Waals surface area contributed by atoms with Crippen molar-refractivity contribution in [1.29, 1.82) is 0 Å². The molecular weight excluding hydrogens is 216 g/mol. The third-order valence-corrected chi connectivity index (χ3v) is 2.32. The highest BCUT2D eigenvalue weighted by atomic mass is 19.3. The van der Waals surface area contributed by atoms with Gasteiger partial charge in [0.1, 0.15) is 5.97 Å². The second kappa shape index (κ2) is 4.57. The number of carboxylic acid groups (broad SMARTS) is 1. The number of halogens is 2. The van der Waals surface area contributed by atoms with E-state index in [0.29, 0.717) is 13.0 Å². The summed E-state index contributed by atoms with van der Waals surface area (Å²) >= 11 is 0. The lowest BCUT2D eigenvalue weighted by atomic mass is 9.99. The van der Waals surface area contributed by atoms with Crippen LogP contribution in [0.2, 0.25) is 0 Å². The minimum atomic E-state index is -3.95. The van der Waals surface area contributed by atoms with Gasteiger partial charge in [-0.1, -0.05) is 18.2 Å². The maximum Gasteiger partial charge on any atom is 0.312 e. The first kappa shape index (κ1) is 12.6. The highest BCUT2D eigenvalue weighted by molar-refractivity contribution is 5.75. The molecule has 5 heteroatoms. The van der Waals surface area contributed by atoms with Crippen LogP contribution in [0.5, 0.6) is 0 Å². The number of benzene rings is 1. The van der Waals surface area contributed by atoms with Gasteiger partial charge < -0.3 is 15.6 Å². The monoisotopic (exact) mass is 228 g/mol. The van der Waals surface area contributed by atoms with Crippen LogP contribution in [-0.2, 0) is 17.1 Å². The van der Waals surface area contributed by atoms with Crippen LogP contribution >= 0.6 is 0 Å². The zero-order valence-electron chi connectivity index (χ0n) is 8.80. The van der Waals surface area contributed by atoms with Crippen molar-refractivity contribution in [2.75, 3.05) is 6.54 Å². The van der Waals surface area contributed by atoms with Crippen LogP contribution < -0.4 is 10.8 Å². The summed E-state index contributed by atoms with van der Waals surface area (Å²) in [5, 5.41) is 10.3. The van der Waals surface area contributed by atoms with Crippen molar-refractivity contribution in [2.24, 2.45) is 5.73 Å². The third-order valence-electron chi connectivity index (χ3n) is 2.32. The van der Waals surface area contributed by atoms with Crippen molar-refractivity contribution in [2.45, 2.75) is 19.3 Å². The van der Waals surface area contributed by atoms with Crippen LogP contribution in [0.4, 0.5) is 8.78 Å². The second-order valence-electron chi connectivity index (χ2n) is 3.55. The normalized spacial score (nSPS) is 11.5. The van der Waals surface area contributed by atoms with E-state index in [9.17, 15) is 18.7 Å². The van der Waals surface area contributed by atoms with Crippen LogP contribution in [0, 0.1) is 6.92 Å². The van der Waals surface area contributed by atoms with E-state index in [-0.39, 0.29) is 5.56 Å². The summed E-state index contributed by atoms with van der Waals surface area (Å²) in [5.41, 5.74) is 5.82. The summed E-state index contributed by atoms with van der Waals surface area (Å²) in [6.07, 6.45) is 0.567. The van der Waals surface area contributed by atoms with E-state index in [1.54, 1.807) is 0 Å². The first-order chi connectivity index (χ1) is 7.39. The van der Waals surface area contributed by atoms with E-state index >= 15 is 0 Å². The molecule has 0 aliphatic rings. The van der Waals surface area contributed by atoms with Gasteiger partial charge in [-0.3, -0.25) is 0 Å². The topological polar surface area (TPSA) is 66.2 Å². The van der Waals surface area contributed by atoms with Gasteiger partial charge in [0, 0.05) is 5.56 Å². The number of carboxylic acids is 1. The average Bonchev–Trinajstić information content (AvgIpc) is 2.17. The Labute approximate surface area is 91.9 Å². The van der Waals surface area contributed by atoms with Gasteiger partial charge >= 0.3 is 5.92 Å². The van der Waals surface area contributed by atoms with Gasteiger partial charge in [-0.2, -0.15) is 8.78 Å². The number of carbonyl (C=O) groups excluding carboxylic acids is 1. The zero-order chi connectivity index (χ0) is 12.3. The fraction of sp³-hybridized carbons (Fsp3) is 0.364. The maximum absolute atomic E-state index is 13.2. The van der Waals surface area contributed by atoms with E-state index in [1.807, 2.05) is 0 Å². The van der Waals surface area contributed by atoms with Crippen molar-refractivity contribution in [1.82, 2.24) is 0 Å². The molecule has 3 nitrogen and oxygen atoms in total. The van der Waals surface area contributed by atoms with Gasteiger partial charge in [0.15, 0.2) is 0 Å². The molecule has 0 atom stereocenters. The molecule has 1 aromatic carbocycles. The molecule has 0 aliphatic carbocycles. The van der Waals surface area contributed by atoms with Crippen LogP contribution in [0.15, 0.2) is 18.2 Å². The fourth-order valence-corrected chi connectivity index (χ4v) is 1.51. The Hall–Kier alpha value is -1.49. The highest BCUT2D eigenvalue weighted by Gasteiger charge is 2.34. The highest BCUT2D eigenvalue weighted by Crippen LogP contribution is 2.30. The predicted molar refractivity (Wildman–Crippen MR) is 52.8 cm³/mol. The molecule has 0 radical (unpaired) electrons. The van der Waals surface area contributed by atoms with Gasteiger partial charge in [-0.25, -0.2) is 0 Å². The van der Waals surface area contributed by atoms with Crippen molar-refractivity contribution in [3.05, 3.63) is 34.9 Å². The maximum atomic E-state index is 13.2. The molecule has 0 unspecified atom stereocenters. The fourth-order valence-electron chi connectivity index (χ4n) is 1.51. The molecule has 0 aliphatic heterocycles. The molecule has 1 aromatic rings. The smallest absolute Gasteiger partial charge is 0.312 e. The largest absolute Gasteiger partial charge is 0.544 e. The summed E-state index contributed by atoms with van der Waals surface area (Å²) in [7, 11) is 0. The van der Waals surface area contributed by atoms with Gasteiger partial charge in [-0.15, -0.1) is 0 Å². The standard InChI is InChI=1S/C11H13F2NO2/c1-7-6-8(4-5-14)2-3-9(7)11(12,13)10(15)16/h2-3,6H,4-5,14H2,1H3,(H,15,16)/p-1. The number of alkyl halides is 2. The van der Waals surface area contributed by atoms with Crippen LogP contribution in [-0.4, -0.2) is 12.5 Å². The van der Waals surface area contributed by atoms with Gasteiger partial charge in [-0.05, 0) is 31.0 Å². The number of hydrogen-bond acceptors (Lipinski definition) is 3. The molecular formula is C11H12F2NO2-. The zero-order valence-corrected chi connectivity index (χ0v) is 8.80. The minimum absolute atomic E-state index is 0.222. The summed E-state index contributed by atoms with van der Waals surface area (Å²) in [4.78, 5) is 10.3. The van der Waals surface area contributed by atoms with Crippen molar-refractivity contribution in [3.8, 4) is 0 Å². The molecule has 88 valence electrons. The van der Waals surface area contributed by atoms with Gasteiger partial charge in [0.2, 0.25) is 0 Å². The molecule has 1 rings (SSSR count). The Morgan fingerprint density at radius 1 is 1.50 bits per heavy atom. The van der Waals surface area contributed by atoms with Gasteiger partial charge in [0.25, 0.3) is 0 Å². The van der Waals surface area contributed by atoms with E-state index < -0.39 is 17.5 Å². The van der Waals surface area contributed by atoms with Gasteiger partial charge in [0.05, 0.1) is 0 Å². The Kier molecular flexibility index (Phi) is 3.59. The first-order valence-electron chi connectivity index (χ1n) is 4.79. The molecule has 0 spiro atoms. The summed E-state index contributed by atoms with van der Waals surface area (Å²) < 4.78 is 26.3. The van der Waals surface area contributed by atoms with Crippen molar-refractivity contribution < 1.29 is 18.7 Å². The lowest BCUT2D eigenvalue weighted by Crippen LogP contribution is -2.39. The molecule has 0 fully saturated rings. The number of nitrogens with two attached hydrogens (primary N) is 1. The second-order valence-corrected chi connectivity index (χ2v) is 3.55. The Morgan fingerprint density at radius 2 is 2.12 bits per heavy atom. The van der Waals surface area contributed by atoms with E-state index in [1.165, 1.54) is 19.1 Å². The van der Waals surface area contributed by atoms with E-state index in [4.69, 9.17) is 5.73 Å². The Morgan fingerprint density at radius 3 is 2.56 bits per heavy atom. The lowest BCUT2D eigenvalue weighted by molar-refractivity contribution is -0.331. The summed E-state index contributed by atoms with van der Waals surface area (Å²) in [6, 6.07) is 4.07. The molecule has 2 N–H and O–H groups in total.